The number of carbonyl (C=O) groups is 2. The highest BCUT2D eigenvalue weighted by Crippen LogP contribution is 2.26. The van der Waals surface area contributed by atoms with Crippen molar-refractivity contribution in [3.05, 3.63) is 75.7 Å². The highest BCUT2D eigenvalue weighted by atomic mass is 32.1. The second-order valence-electron chi connectivity index (χ2n) is 10.8. The fraction of sp³-hybridized carbons (Fsp3) is 0.500. The van der Waals surface area contributed by atoms with Crippen LogP contribution in [0.2, 0.25) is 0 Å². The van der Waals surface area contributed by atoms with Gasteiger partial charge in [0, 0.05) is 11.3 Å². The highest BCUT2D eigenvalue weighted by molar-refractivity contribution is 7.09. The molecule has 0 radical (unpaired) electrons. The number of aryl methyl sites for hydroxylation is 1. The monoisotopic (exact) mass is 563 g/mol. The van der Waals surface area contributed by atoms with Gasteiger partial charge in [0.05, 0.1) is 22.6 Å². The fourth-order valence-corrected chi connectivity index (χ4v) is 5.53. The first-order valence-corrected chi connectivity index (χ1v) is 16.0. The predicted octanol–water partition coefficient (Wildman–Crippen LogP) is 8.93. The number of para-hydroxylation sites is 1. The van der Waals surface area contributed by atoms with E-state index < -0.39 is 0 Å². The first-order valence-electron chi connectivity index (χ1n) is 15.1. The standard InChI is InChI=1S/C34H46N2O3S/c1-4-5-6-7-8-9-10-11-12-13-14-15-23-39-33-31(28(3)37)17-16-18-32(33)34(38)35-30-21-19-29(20-22-30)25-36-24-27(2)40-26-36/h16-22,24,26H,4-15,23,25H2,1-3H3/p+1. The third-order valence-electron chi connectivity index (χ3n) is 7.18. The zero-order valence-electron chi connectivity index (χ0n) is 24.7. The zero-order chi connectivity index (χ0) is 28.6. The van der Waals surface area contributed by atoms with E-state index in [1.807, 2.05) is 24.3 Å². The summed E-state index contributed by atoms with van der Waals surface area (Å²) in [5.41, 5.74) is 4.81. The van der Waals surface area contributed by atoms with Crippen molar-refractivity contribution >= 4 is 28.7 Å². The normalized spacial score (nSPS) is 11.0. The number of Topliss-reactive ketones (excluding diaryl/α,β-unsaturated/α-hetero) is 1. The molecular weight excluding hydrogens is 516 g/mol. The van der Waals surface area contributed by atoms with Crippen LogP contribution in [0, 0.1) is 6.92 Å². The van der Waals surface area contributed by atoms with Crippen LogP contribution in [0.1, 0.15) is 122 Å². The predicted molar refractivity (Wildman–Crippen MR) is 166 cm³/mol. The molecule has 40 heavy (non-hydrogen) atoms. The summed E-state index contributed by atoms with van der Waals surface area (Å²) in [7, 11) is 0. The molecule has 0 aliphatic heterocycles. The van der Waals surface area contributed by atoms with Crippen LogP contribution in [0.3, 0.4) is 0 Å². The second-order valence-corrected chi connectivity index (χ2v) is 11.9. The Morgan fingerprint density at radius 2 is 1.43 bits per heavy atom. The molecule has 0 unspecified atom stereocenters. The van der Waals surface area contributed by atoms with E-state index in [0.717, 1.165) is 24.9 Å². The third kappa shape index (κ3) is 10.9. The molecule has 2 aromatic carbocycles. The maximum Gasteiger partial charge on any atom is 0.259 e. The lowest BCUT2D eigenvalue weighted by Crippen LogP contribution is -2.30. The molecule has 0 aliphatic carbocycles. The highest BCUT2D eigenvalue weighted by Gasteiger charge is 2.19. The van der Waals surface area contributed by atoms with Crippen LogP contribution in [-0.4, -0.2) is 18.3 Å². The minimum atomic E-state index is -0.275. The Morgan fingerprint density at radius 3 is 2.00 bits per heavy atom. The summed E-state index contributed by atoms with van der Waals surface area (Å²) in [6.07, 6.45) is 17.4. The van der Waals surface area contributed by atoms with Gasteiger partial charge in [-0.3, -0.25) is 9.59 Å². The van der Waals surface area contributed by atoms with Crippen LogP contribution in [0.15, 0.2) is 54.2 Å². The molecule has 1 heterocycles. The average Bonchev–Trinajstić information content (AvgIpc) is 3.36. The van der Waals surface area contributed by atoms with Crippen LogP contribution < -0.4 is 14.6 Å². The molecule has 0 fully saturated rings. The minimum absolute atomic E-state index is 0.107. The molecule has 0 aliphatic rings. The number of hydrogen-bond acceptors (Lipinski definition) is 4. The van der Waals surface area contributed by atoms with Crippen molar-refractivity contribution in [2.24, 2.45) is 0 Å². The van der Waals surface area contributed by atoms with Gasteiger partial charge in [-0.2, -0.15) is 4.57 Å². The van der Waals surface area contributed by atoms with Gasteiger partial charge >= 0.3 is 0 Å². The maximum absolute atomic E-state index is 13.2. The van der Waals surface area contributed by atoms with Crippen LogP contribution >= 0.6 is 11.3 Å². The van der Waals surface area contributed by atoms with Crippen molar-refractivity contribution in [1.29, 1.82) is 0 Å². The van der Waals surface area contributed by atoms with Gasteiger partial charge in [-0.15, -0.1) is 0 Å². The van der Waals surface area contributed by atoms with Crippen molar-refractivity contribution in [1.82, 2.24) is 0 Å². The molecule has 6 heteroatoms. The first-order chi connectivity index (χ1) is 19.5. The Morgan fingerprint density at radius 1 is 0.825 bits per heavy atom. The third-order valence-corrected chi connectivity index (χ3v) is 8.04. The summed E-state index contributed by atoms with van der Waals surface area (Å²) in [6, 6.07) is 13.1. The molecule has 0 saturated carbocycles. The number of nitrogens with zero attached hydrogens (tertiary/aromatic N) is 1. The fourth-order valence-electron chi connectivity index (χ4n) is 4.90. The van der Waals surface area contributed by atoms with Crippen molar-refractivity contribution in [3.8, 4) is 5.75 Å². The number of amides is 1. The molecule has 1 N–H and O–H groups in total. The van der Waals surface area contributed by atoms with Gasteiger partial charge in [0.1, 0.15) is 5.75 Å². The van der Waals surface area contributed by atoms with Gasteiger partial charge in [0.25, 0.3) is 5.91 Å². The summed E-state index contributed by atoms with van der Waals surface area (Å²) in [4.78, 5) is 26.8. The Balaban J connectivity index is 1.46. The van der Waals surface area contributed by atoms with E-state index in [0.29, 0.717) is 29.2 Å². The van der Waals surface area contributed by atoms with Crippen molar-refractivity contribution < 1.29 is 18.9 Å². The van der Waals surface area contributed by atoms with Gasteiger partial charge in [-0.05, 0) is 44.5 Å². The zero-order valence-corrected chi connectivity index (χ0v) is 25.5. The lowest BCUT2D eigenvalue weighted by Gasteiger charge is -2.15. The largest absolute Gasteiger partial charge is 0.492 e. The number of ketones is 1. The lowest BCUT2D eigenvalue weighted by atomic mass is 10.0. The smallest absolute Gasteiger partial charge is 0.259 e. The number of unbranched alkanes of at least 4 members (excludes halogenated alkanes) is 11. The Labute approximate surface area is 245 Å². The minimum Gasteiger partial charge on any atom is -0.492 e. The topological polar surface area (TPSA) is 59.3 Å². The number of thiazole rings is 1. The summed E-state index contributed by atoms with van der Waals surface area (Å²) in [5.74, 6) is 0.00432. The van der Waals surface area contributed by atoms with Crippen molar-refractivity contribution in [2.75, 3.05) is 11.9 Å². The van der Waals surface area contributed by atoms with E-state index in [2.05, 4.69) is 35.4 Å². The molecule has 216 valence electrons. The summed E-state index contributed by atoms with van der Waals surface area (Å²) >= 11 is 1.72. The average molecular weight is 564 g/mol. The number of ether oxygens (including phenoxy) is 1. The molecule has 0 spiro atoms. The Bertz CT molecular complexity index is 1190. The van der Waals surface area contributed by atoms with E-state index >= 15 is 0 Å². The molecule has 1 aromatic heterocycles. The van der Waals surface area contributed by atoms with Crippen LogP contribution in [0.25, 0.3) is 0 Å². The number of carbonyl (C=O) groups excluding carboxylic acids is 2. The quantitative estimate of drug-likeness (QED) is 0.0900. The van der Waals surface area contributed by atoms with E-state index in [1.165, 1.54) is 76.0 Å². The van der Waals surface area contributed by atoms with Gasteiger partial charge in [-0.1, -0.05) is 107 Å². The van der Waals surface area contributed by atoms with Gasteiger partial charge in [0.15, 0.2) is 18.5 Å². The van der Waals surface area contributed by atoms with E-state index in [4.69, 9.17) is 4.74 Å². The van der Waals surface area contributed by atoms with Gasteiger partial charge in [-0.25, -0.2) is 0 Å². The maximum atomic E-state index is 13.2. The molecule has 3 rings (SSSR count). The number of nitrogens with one attached hydrogen (secondary N) is 1. The lowest BCUT2D eigenvalue weighted by molar-refractivity contribution is -0.683. The van der Waals surface area contributed by atoms with Gasteiger partial charge < -0.3 is 10.1 Å². The van der Waals surface area contributed by atoms with Crippen LogP contribution in [-0.2, 0) is 6.54 Å². The molecule has 3 aromatic rings. The number of rotatable bonds is 19. The van der Waals surface area contributed by atoms with E-state index in [1.54, 1.807) is 29.5 Å². The van der Waals surface area contributed by atoms with Crippen molar-refractivity contribution in [2.45, 2.75) is 104 Å². The Hall–Kier alpha value is -2.99. The first kappa shape index (κ1) is 31.5. The number of benzene rings is 2. The van der Waals surface area contributed by atoms with Crippen LogP contribution in [0.4, 0.5) is 5.69 Å². The molecule has 0 bridgehead atoms. The van der Waals surface area contributed by atoms with Gasteiger partial charge in [0.2, 0.25) is 5.51 Å². The summed E-state index contributed by atoms with van der Waals surface area (Å²) in [6.45, 7) is 7.15. The number of hydrogen-bond donors (Lipinski definition) is 1. The van der Waals surface area contributed by atoms with E-state index in [-0.39, 0.29) is 11.7 Å². The molecule has 1 amide bonds. The second kappa shape index (κ2) is 17.6. The van der Waals surface area contributed by atoms with Crippen molar-refractivity contribution in [3.63, 3.8) is 0 Å². The SMILES string of the molecule is CCCCCCCCCCCCCCOc1c(C(C)=O)cccc1C(=O)Nc1ccc(C[n+]2csc(C)c2)cc1. The molecule has 0 atom stereocenters. The number of aromatic nitrogens is 1. The van der Waals surface area contributed by atoms with Crippen LogP contribution in [0.5, 0.6) is 5.75 Å². The molecular formula is C34H47N2O3S+. The van der Waals surface area contributed by atoms with E-state index in [9.17, 15) is 9.59 Å². The summed E-state index contributed by atoms with van der Waals surface area (Å²) < 4.78 is 8.24. The summed E-state index contributed by atoms with van der Waals surface area (Å²) in [5, 5.41) is 2.97. The number of anilines is 1. The molecule has 5 nitrogen and oxygen atoms in total. The molecule has 0 saturated heterocycles. The Kier molecular flexibility index (Phi) is 13.9.